The number of hydrogen-bond acceptors (Lipinski definition) is 2. The summed E-state index contributed by atoms with van der Waals surface area (Å²) in [6.45, 7) is 21.0. The van der Waals surface area contributed by atoms with Crippen LogP contribution >= 0.6 is 0 Å². The molecule has 3 aliphatic rings. The minimum atomic E-state index is -1.82. The van der Waals surface area contributed by atoms with Crippen molar-refractivity contribution in [2.45, 2.75) is 98.4 Å². The number of Topliss-reactive ketones (excluding diaryl/α,β-unsaturated/α-hetero) is 1. The Bertz CT molecular complexity index is 559. The van der Waals surface area contributed by atoms with Gasteiger partial charge < -0.3 is 4.43 Å². The first-order chi connectivity index (χ1) is 10.7. The molecule has 3 rings (SSSR count). The van der Waals surface area contributed by atoms with E-state index in [1.807, 2.05) is 0 Å². The molecule has 0 aromatic carbocycles. The number of carbonyl (C=O) groups is 1. The third-order valence-corrected chi connectivity index (χ3v) is 13.4. The second-order valence-electron chi connectivity index (χ2n) is 11.4. The summed E-state index contributed by atoms with van der Waals surface area (Å²) in [7, 11) is -1.82. The van der Waals surface area contributed by atoms with E-state index in [-0.39, 0.29) is 33.3 Å². The van der Waals surface area contributed by atoms with Gasteiger partial charge in [-0.15, -0.1) is 0 Å². The van der Waals surface area contributed by atoms with E-state index in [0.29, 0.717) is 11.7 Å². The van der Waals surface area contributed by atoms with Crippen LogP contribution in [0, 0.1) is 28.1 Å². The highest BCUT2D eigenvalue weighted by atomic mass is 28.4. The first-order valence-corrected chi connectivity index (χ1v) is 12.8. The summed E-state index contributed by atoms with van der Waals surface area (Å²) in [5.41, 5.74) is 0.0826. The van der Waals surface area contributed by atoms with Gasteiger partial charge in [-0.2, -0.15) is 0 Å². The average Bonchev–Trinajstić information content (AvgIpc) is 2.73. The number of hydrogen-bond donors (Lipinski definition) is 0. The number of carbonyl (C=O) groups excluding carboxylic acids is 1. The van der Waals surface area contributed by atoms with Crippen molar-refractivity contribution in [3.05, 3.63) is 0 Å². The van der Waals surface area contributed by atoms with Gasteiger partial charge >= 0.3 is 0 Å². The molecule has 5 atom stereocenters. The van der Waals surface area contributed by atoms with Gasteiger partial charge in [0.15, 0.2) is 8.32 Å². The molecule has 3 aliphatic carbocycles. The van der Waals surface area contributed by atoms with Gasteiger partial charge in [-0.1, -0.05) is 54.9 Å². The lowest BCUT2D eigenvalue weighted by atomic mass is 9.48. The van der Waals surface area contributed by atoms with Crippen molar-refractivity contribution in [3.8, 4) is 0 Å². The Hall–Kier alpha value is -0.153. The molecule has 0 unspecified atom stereocenters. The molecule has 138 valence electrons. The maximum Gasteiger partial charge on any atom is 0.192 e. The van der Waals surface area contributed by atoms with E-state index in [0.717, 1.165) is 6.42 Å². The monoisotopic (exact) mass is 350 g/mol. The van der Waals surface area contributed by atoms with E-state index < -0.39 is 8.32 Å². The molecular formula is C21H38O2Si. The Morgan fingerprint density at radius 1 is 1.12 bits per heavy atom. The lowest BCUT2D eigenvalue weighted by Crippen LogP contribution is -2.53. The molecule has 24 heavy (non-hydrogen) atoms. The SMILES string of the molecule is C[C@@H]1C(=O)[C@@]23C[C@@H](O[Si](C)(C)C(C)(C)C)[C@@H]1[C@@]2(C)CCCC3(C)C. The smallest absolute Gasteiger partial charge is 0.192 e. The molecule has 3 heteroatoms. The summed E-state index contributed by atoms with van der Waals surface area (Å²) in [5.74, 6) is 1.13. The van der Waals surface area contributed by atoms with Crippen LogP contribution in [-0.2, 0) is 9.22 Å². The van der Waals surface area contributed by atoms with Crippen LogP contribution < -0.4 is 0 Å². The van der Waals surface area contributed by atoms with Crippen LogP contribution in [0.3, 0.4) is 0 Å². The van der Waals surface area contributed by atoms with E-state index >= 15 is 0 Å². The zero-order chi connectivity index (χ0) is 18.3. The molecule has 3 fully saturated rings. The number of rotatable bonds is 2. The van der Waals surface area contributed by atoms with Crippen molar-refractivity contribution >= 4 is 14.1 Å². The van der Waals surface area contributed by atoms with Crippen LogP contribution in [0.1, 0.15) is 74.1 Å². The molecule has 0 spiro atoms. The van der Waals surface area contributed by atoms with Crippen molar-refractivity contribution in [1.82, 2.24) is 0 Å². The Kier molecular flexibility index (Phi) is 3.86. The molecule has 0 amide bonds. The maximum absolute atomic E-state index is 13.4. The second kappa shape index (κ2) is 4.97. The molecule has 0 saturated heterocycles. The molecule has 2 bridgehead atoms. The third-order valence-electron chi connectivity index (χ3n) is 8.90. The highest BCUT2D eigenvalue weighted by Gasteiger charge is 2.77. The second-order valence-corrected chi connectivity index (χ2v) is 16.1. The summed E-state index contributed by atoms with van der Waals surface area (Å²) in [6.07, 6.45) is 4.89. The van der Waals surface area contributed by atoms with Gasteiger partial charge in [0.25, 0.3) is 0 Å². The Balaban J connectivity index is 2.03. The normalized spacial score (nSPS) is 44.7. The van der Waals surface area contributed by atoms with Gasteiger partial charge in [0.05, 0.1) is 6.10 Å². The Morgan fingerprint density at radius 2 is 1.71 bits per heavy atom. The quantitative estimate of drug-likeness (QED) is 0.587. The molecule has 3 saturated carbocycles. The van der Waals surface area contributed by atoms with Crippen LogP contribution in [0.5, 0.6) is 0 Å². The van der Waals surface area contributed by atoms with Crippen LogP contribution in [-0.4, -0.2) is 20.2 Å². The minimum Gasteiger partial charge on any atom is -0.414 e. The summed E-state index contributed by atoms with van der Waals surface area (Å²) >= 11 is 0. The van der Waals surface area contributed by atoms with E-state index in [1.165, 1.54) is 19.3 Å². The fraction of sp³-hybridized carbons (Fsp3) is 0.952. The van der Waals surface area contributed by atoms with Crippen LogP contribution in [0.25, 0.3) is 0 Å². The summed E-state index contributed by atoms with van der Waals surface area (Å²) in [4.78, 5) is 13.4. The van der Waals surface area contributed by atoms with Gasteiger partial charge in [-0.3, -0.25) is 4.79 Å². The van der Waals surface area contributed by atoms with Gasteiger partial charge in [0.2, 0.25) is 0 Å². The highest BCUT2D eigenvalue weighted by molar-refractivity contribution is 6.74. The molecule has 2 nitrogen and oxygen atoms in total. The van der Waals surface area contributed by atoms with Crippen LogP contribution in [0.2, 0.25) is 18.1 Å². The molecule has 0 N–H and O–H groups in total. The summed E-state index contributed by atoms with van der Waals surface area (Å²) in [5, 5.41) is 0.224. The molecule has 0 aliphatic heterocycles. The van der Waals surface area contributed by atoms with E-state index in [4.69, 9.17) is 4.43 Å². The molecular weight excluding hydrogens is 312 g/mol. The Labute approximate surface area is 150 Å². The average molecular weight is 351 g/mol. The largest absolute Gasteiger partial charge is 0.414 e. The lowest BCUT2D eigenvalue weighted by molar-refractivity contribution is -0.148. The zero-order valence-corrected chi connectivity index (χ0v) is 18.4. The van der Waals surface area contributed by atoms with Crippen molar-refractivity contribution in [2.75, 3.05) is 0 Å². The molecule has 0 aromatic heterocycles. The zero-order valence-electron chi connectivity index (χ0n) is 17.4. The highest BCUT2D eigenvalue weighted by Crippen LogP contribution is 2.76. The van der Waals surface area contributed by atoms with Crippen molar-refractivity contribution in [3.63, 3.8) is 0 Å². The van der Waals surface area contributed by atoms with Crippen LogP contribution in [0.15, 0.2) is 0 Å². The van der Waals surface area contributed by atoms with Gasteiger partial charge in [0, 0.05) is 11.3 Å². The van der Waals surface area contributed by atoms with E-state index in [1.54, 1.807) is 0 Å². The summed E-state index contributed by atoms with van der Waals surface area (Å²) < 4.78 is 6.95. The van der Waals surface area contributed by atoms with Gasteiger partial charge in [-0.05, 0) is 54.1 Å². The Morgan fingerprint density at radius 3 is 2.21 bits per heavy atom. The van der Waals surface area contributed by atoms with Crippen LogP contribution in [0.4, 0.5) is 0 Å². The third kappa shape index (κ3) is 2.00. The minimum absolute atomic E-state index is 0.103. The van der Waals surface area contributed by atoms with Crippen molar-refractivity contribution in [2.24, 2.45) is 28.1 Å². The first-order valence-electron chi connectivity index (χ1n) is 9.93. The van der Waals surface area contributed by atoms with Gasteiger partial charge in [-0.25, -0.2) is 0 Å². The van der Waals surface area contributed by atoms with E-state index in [9.17, 15) is 4.79 Å². The maximum atomic E-state index is 13.4. The van der Waals surface area contributed by atoms with Gasteiger partial charge in [0.1, 0.15) is 5.78 Å². The van der Waals surface area contributed by atoms with Crippen molar-refractivity contribution in [1.29, 1.82) is 0 Å². The predicted molar refractivity (Wildman–Crippen MR) is 103 cm³/mol. The fourth-order valence-electron chi connectivity index (χ4n) is 6.71. The summed E-state index contributed by atoms with van der Waals surface area (Å²) in [6, 6.07) is 0. The predicted octanol–water partition coefficient (Wildman–Crippen LogP) is 5.82. The first kappa shape index (κ1) is 18.6. The number of ketones is 1. The van der Waals surface area contributed by atoms with Crippen molar-refractivity contribution < 1.29 is 9.22 Å². The fourth-order valence-corrected chi connectivity index (χ4v) is 8.05. The topological polar surface area (TPSA) is 26.3 Å². The standard InChI is InChI=1S/C21H38O2Si/c1-14-16-15(23-24(8,9)18(2,3)4)13-21(17(14)22)19(5,6)11-10-12-20(16,21)7/h14-16H,10-13H2,1-9H3/t14-,15+,16+,20+,21+/m0/s1. The molecule has 0 heterocycles. The molecule has 0 radical (unpaired) electrons. The van der Waals surface area contributed by atoms with E-state index in [2.05, 4.69) is 61.6 Å². The lowest BCUT2D eigenvalue weighted by Gasteiger charge is -2.54. The molecule has 0 aromatic rings.